The van der Waals surface area contributed by atoms with E-state index in [1.165, 1.54) is 0 Å². The van der Waals surface area contributed by atoms with Crippen molar-refractivity contribution in [3.05, 3.63) is 59.1 Å². The molecule has 0 aliphatic rings. The fourth-order valence-electron chi connectivity index (χ4n) is 1.98. The number of hydrogen-bond acceptors (Lipinski definition) is 4. The standard InChI is InChI=1S/C18H21ClN2O3/c1-23-16-6-8-17(9-7-16)24-11-10-20-13-18(22)21-12-14-2-4-15(19)5-3-14/h2-9,20H,10-13H2,1H3,(H,21,22). The number of hydrogen-bond donors (Lipinski definition) is 2. The SMILES string of the molecule is COc1ccc(OCCNCC(=O)NCc2ccc(Cl)cc2)cc1. The van der Waals surface area contributed by atoms with Crippen molar-refractivity contribution in [2.75, 3.05) is 26.8 Å². The van der Waals surface area contributed by atoms with Crippen molar-refractivity contribution in [1.82, 2.24) is 10.6 Å². The van der Waals surface area contributed by atoms with E-state index >= 15 is 0 Å². The lowest BCUT2D eigenvalue weighted by Gasteiger charge is -2.09. The van der Waals surface area contributed by atoms with Crippen LogP contribution in [0.2, 0.25) is 5.02 Å². The van der Waals surface area contributed by atoms with Crippen molar-refractivity contribution >= 4 is 17.5 Å². The molecule has 0 bridgehead atoms. The van der Waals surface area contributed by atoms with Gasteiger partial charge in [-0.2, -0.15) is 0 Å². The van der Waals surface area contributed by atoms with Gasteiger partial charge in [-0.1, -0.05) is 23.7 Å². The summed E-state index contributed by atoms with van der Waals surface area (Å²) in [4.78, 5) is 11.7. The lowest BCUT2D eigenvalue weighted by Crippen LogP contribution is -2.35. The minimum atomic E-state index is -0.0607. The van der Waals surface area contributed by atoms with E-state index in [1.54, 1.807) is 19.2 Å². The van der Waals surface area contributed by atoms with E-state index in [1.807, 2.05) is 36.4 Å². The summed E-state index contributed by atoms with van der Waals surface area (Å²) in [5.41, 5.74) is 1.01. The molecule has 0 radical (unpaired) electrons. The molecule has 0 unspecified atom stereocenters. The summed E-state index contributed by atoms with van der Waals surface area (Å²) in [5, 5.41) is 6.56. The first-order chi connectivity index (χ1) is 11.7. The molecular weight excluding hydrogens is 328 g/mol. The van der Waals surface area contributed by atoms with Gasteiger partial charge in [0.1, 0.15) is 18.1 Å². The molecule has 2 aromatic rings. The average Bonchev–Trinajstić information content (AvgIpc) is 2.61. The van der Waals surface area contributed by atoms with Gasteiger partial charge in [0.05, 0.1) is 13.7 Å². The van der Waals surface area contributed by atoms with Crippen LogP contribution in [0.1, 0.15) is 5.56 Å². The first kappa shape index (κ1) is 18.1. The Morgan fingerprint density at radius 2 is 1.71 bits per heavy atom. The van der Waals surface area contributed by atoms with Crippen molar-refractivity contribution in [1.29, 1.82) is 0 Å². The quantitative estimate of drug-likeness (QED) is 0.684. The van der Waals surface area contributed by atoms with E-state index in [-0.39, 0.29) is 12.5 Å². The zero-order valence-corrected chi connectivity index (χ0v) is 14.3. The molecule has 0 aromatic heterocycles. The Bertz CT molecular complexity index is 630. The smallest absolute Gasteiger partial charge is 0.234 e. The molecule has 0 spiro atoms. The highest BCUT2D eigenvalue weighted by atomic mass is 35.5. The molecule has 0 aliphatic heterocycles. The van der Waals surface area contributed by atoms with Crippen LogP contribution in [0.4, 0.5) is 0 Å². The van der Waals surface area contributed by atoms with Gasteiger partial charge in [0.25, 0.3) is 0 Å². The average molecular weight is 349 g/mol. The summed E-state index contributed by atoms with van der Waals surface area (Å²) < 4.78 is 10.6. The number of ether oxygens (including phenoxy) is 2. The van der Waals surface area contributed by atoms with Gasteiger partial charge in [-0.05, 0) is 42.0 Å². The van der Waals surface area contributed by atoms with Crippen LogP contribution < -0.4 is 20.1 Å². The highest BCUT2D eigenvalue weighted by Crippen LogP contribution is 2.16. The van der Waals surface area contributed by atoms with Crippen LogP contribution in [-0.2, 0) is 11.3 Å². The van der Waals surface area contributed by atoms with Crippen LogP contribution in [0, 0.1) is 0 Å². The summed E-state index contributed by atoms with van der Waals surface area (Å²) in [6.45, 7) is 1.80. The summed E-state index contributed by atoms with van der Waals surface area (Å²) in [7, 11) is 1.62. The summed E-state index contributed by atoms with van der Waals surface area (Å²) in [5.74, 6) is 1.50. The Kier molecular flexibility index (Phi) is 7.39. The molecule has 128 valence electrons. The zero-order valence-electron chi connectivity index (χ0n) is 13.5. The minimum Gasteiger partial charge on any atom is -0.497 e. The highest BCUT2D eigenvalue weighted by molar-refractivity contribution is 6.30. The number of halogens is 1. The van der Waals surface area contributed by atoms with E-state index in [2.05, 4.69) is 10.6 Å². The molecular formula is C18H21ClN2O3. The maximum Gasteiger partial charge on any atom is 0.234 e. The van der Waals surface area contributed by atoms with Crippen molar-refractivity contribution in [3.8, 4) is 11.5 Å². The van der Waals surface area contributed by atoms with Gasteiger partial charge in [0, 0.05) is 18.1 Å². The Morgan fingerprint density at radius 3 is 2.38 bits per heavy atom. The predicted octanol–water partition coefficient (Wildman–Crippen LogP) is 2.63. The van der Waals surface area contributed by atoms with Crippen LogP contribution in [0.3, 0.4) is 0 Å². The second-order valence-electron chi connectivity index (χ2n) is 5.10. The highest BCUT2D eigenvalue weighted by Gasteiger charge is 2.01. The van der Waals surface area contributed by atoms with Gasteiger partial charge in [-0.15, -0.1) is 0 Å². The van der Waals surface area contributed by atoms with E-state index < -0.39 is 0 Å². The molecule has 6 heteroatoms. The van der Waals surface area contributed by atoms with Crippen LogP contribution in [0.5, 0.6) is 11.5 Å². The fraction of sp³-hybridized carbons (Fsp3) is 0.278. The monoisotopic (exact) mass is 348 g/mol. The maximum absolute atomic E-state index is 11.7. The molecule has 0 heterocycles. The number of benzene rings is 2. The van der Waals surface area contributed by atoms with Crippen molar-refractivity contribution < 1.29 is 14.3 Å². The largest absolute Gasteiger partial charge is 0.497 e. The van der Waals surface area contributed by atoms with Gasteiger partial charge in [-0.3, -0.25) is 4.79 Å². The predicted molar refractivity (Wildman–Crippen MR) is 94.7 cm³/mol. The molecule has 0 aliphatic carbocycles. The summed E-state index contributed by atoms with van der Waals surface area (Å²) in [6.07, 6.45) is 0. The van der Waals surface area contributed by atoms with Gasteiger partial charge in [-0.25, -0.2) is 0 Å². The molecule has 2 N–H and O–H groups in total. The Morgan fingerprint density at radius 1 is 1.04 bits per heavy atom. The third kappa shape index (κ3) is 6.48. The first-order valence-corrected chi connectivity index (χ1v) is 8.04. The van der Waals surface area contributed by atoms with Crippen molar-refractivity contribution in [2.24, 2.45) is 0 Å². The normalized spacial score (nSPS) is 10.2. The van der Waals surface area contributed by atoms with Crippen LogP contribution >= 0.6 is 11.6 Å². The summed E-state index contributed by atoms with van der Waals surface area (Å²) >= 11 is 5.82. The molecule has 2 rings (SSSR count). The van der Waals surface area contributed by atoms with E-state index in [0.717, 1.165) is 17.1 Å². The maximum atomic E-state index is 11.7. The van der Waals surface area contributed by atoms with Gasteiger partial charge < -0.3 is 20.1 Å². The number of amides is 1. The fourth-order valence-corrected chi connectivity index (χ4v) is 2.11. The molecule has 0 fully saturated rings. The minimum absolute atomic E-state index is 0.0607. The van der Waals surface area contributed by atoms with E-state index in [9.17, 15) is 4.79 Å². The second-order valence-corrected chi connectivity index (χ2v) is 5.54. The number of carbonyl (C=O) groups excluding carboxylic acids is 1. The number of rotatable bonds is 9. The second kappa shape index (κ2) is 9.80. The number of methoxy groups -OCH3 is 1. The lowest BCUT2D eigenvalue weighted by atomic mass is 10.2. The van der Waals surface area contributed by atoms with Gasteiger partial charge in [0.15, 0.2) is 0 Å². The molecule has 24 heavy (non-hydrogen) atoms. The molecule has 1 amide bonds. The lowest BCUT2D eigenvalue weighted by molar-refractivity contribution is -0.120. The Balaban J connectivity index is 1.56. The third-order valence-electron chi connectivity index (χ3n) is 3.30. The van der Waals surface area contributed by atoms with Gasteiger partial charge >= 0.3 is 0 Å². The first-order valence-electron chi connectivity index (χ1n) is 7.66. The number of nitrogens with one attached hydrogen (secondary N) is 2. The molecule has 5 nitrogen and oxygen atoms in total. The molecule has 0 saturated carbocycles. The van der Waals surface area contributed by atoms with E-state index in [0.29, 0.717) is 24.7 Å². The summed E-state index contributed by atoms with van der Waals surface area (Å²) in [6, 6.07) is 14.8. The zero-order chi connectivity index (χ0) is 17.2. The third-order valence-corrected chi connectivity index (χ3v) is 3.55. The molecule has 2 aromatic carbocycles. The molecule has 0 saturated heterocycles. The van der Waals surface area contributed by atoms with Crippen LogP contribution in [0.15, 0.2) is 48.5 Å². The Hall–Kier alpha value is -2.24. The molecule has 0 atom stereocenters. The van der Waals surface area contributed by atoms with Crippen molar-refractivity contribution in [2.45, 2.75) is 6.54 Å². The van der Waals surface area contributed by atoms with Gasteiger partial charge in [0.2, 0.25) is 5.91 Å². The number of carbonyl (C=O) groups is 1. The Labute approximate surface area is 146 Å². The topological polar surface area (TPSA) is 59.6 Å². The van der Waals surface area contributed by atoms with Crippen molar-refractivity contribution in [3.63, 3.8) is 0 Å². The van der Waals surface area contributed by atoms with Crippen LogP contribution in [0.25, 0.3) is 0 Å². The van der Waals surface area contributed by atoms with Crippen LogP contribution in [-0.4, -0.2) is 32.7 Å². The van der Waals surface area contributed by atoms with E-state index in [4.69, 9.17) is 21.1 Å².